The van der Waals surface area contributed by atoms with Crippen LogP contribution in [0.25, 0.3) is 49.7 Å². The molecule has 0 spiro atoms. The maximum atomic E-state index is 6.78. The van der Waals surface area contributed by atoms with E-state index >= 15 is 0 Å². The van der Waals surface area contributed by atoms with E-state index in [1.807, 2.05) is 18.3 Å². The monoisotopic (exact) mass is 640 g/mol. The van der Waals surface area contributed by atoms with Crippen LogP contribution in [0.1, 0.15) is 26.3 Å². The molecular weight excluding hydrogens is 604 g/mol. The van der Waals surface area contributed by atoms with Crippen LogP contribution in [0.2, 0.25) is 0 Å². The zero-order chi connectivity index (χ0) is 33.3. The molecule has 0 amide bonds. The number of furan rings is 1. The number of rotatable bonds is 5. The molecule has 0 atom stereocenters. The Morgan fingerprint density at radius 2 is 1.51 bits per heavy atom. The average molecular weight is 641 g/mol. The van der Waals surface area contributed by atoms with Crippen LogP contribution in [0, 0.1) is 0 Å². The molecule has 1 aliphatic heterocycles. The van der Waals surface area contributed by atoms with E-state index < -0.39 is 0 Å². The second-order valence-electron chi connectivity index (χ2n) is 13.9. The lowest BCUT2D eigenvalue weighted by Crippen LogP contribution is -2.24. The largest absolute Gasteiger partial charge is 0.464 e. The molecule has 0 unspecified atom stereocenters. The predicted octanol–water partition coefficient (Wildman–Crippen LogP) is 11.2. The normalized spacial score (nSPS) is 13.1. The minimum atomic E-state index is -0.0672. The first-order valence-corrected chi connectivity index (χ1v) is 16.7. The third kappa shape index (κ3) is 4.99. The zero-order valence-electron chi connectivity index (χ0n) is 28.0. The van der Waals surface area contributed by atoms with E-state index in [0.717, 1.165) is 62.4 Å². The van der Waals surface area contributed by atoms with Crippen molar-refractivity contribution in [2.24, 2.45) is 0 Å². The Bertz CT molecular complexity index is 2520. The van der Waals surface area contributed by atoms with Gasteiger partial charge in [-0.2, -0.15) is 0 Å². The summed E-state index contributed by atoms with van der Waals surface area (Å²) in [5.74, 6) is 2.36. The van der Waals surface area contributed by atoms with Crippen molar-refractivity contribution in [3.63, 3.8) is 0 Å². The van der Waals surface area contributed by atoms with E-state index in [9.17, 15) is 0 Å². The summed E-state index contributed by atoms with van der Waals surface area (Å²) in [7, 11) is 2.14. The predicted molar refractivity (Wildman–Crippen MR) is 201 cm³/mol. The quantitative estimate of drug-likeness (QED) is 0.187. The second-order valence-corrected chi connectivity index (χ2v) is 13.9. The van der Waals surface area contributed by atoms with Gasteiger partial charge in [0.15, 0.2) is 0 Å². The molecule has 49 heavy (non-hydrogen) atoms. The average Bonchev–Trinajstić information content (AvgIpc) is 3.81. The van der Waals surface area contributed by atoms with Gasteiger partial charge in [-0.3, -0.25) is 4.57 Å². The summed E-state index contributed by atoms with van der Waals surface area (Å²) in [4.78, 5) is 9.53. The first-order chi connectivity index (χ1) is 23.8. The summed E-state index contributed by atoms with van der Waals surface area (Å²) in [5.41, 5.74) is 9.91. The lowest BCUT2D eigenvalue weighted by atomic mass is 9.86. The van der Waals surface area contributed by atoms with Crippen molar-refractivity contribution in [1.29, 1.82) is 0 Å². The SMILES string of the molecule is CN1CN(c2cc(Oc3ccc4c5cc(-c6ccccc6)ccc5n(-c5cc6occc6cn5)c4c3)cc(C(C)(C)C)c2)c2ccccc21. The highest BCUT2D eigenvalue weighted by Gasteiger charge is 2.26. The van der Waals surface area contributed by atoms with Crippen molar-refractivity contribution >= 4 is 49.8 Å². The summed E-state index contributed by atoms with van der Waals surface area (Å²) >= 11 is 0. The molecule has 1 aliphatic rings. The lowest BCUT2D eigenvalue weighted by Gasteiger charge is -2.25. The van der Waals surface area contributed by atoms with Crippen LogP contribution in [0.5, 0.6) is 11.5 Å². The number of nitrogens with zero attached hydrogens (tertiary/aromatic N) is 4. The molecule has 0 bridgehead atoms. The van der Waals surface area contributed by atoms with E-state index in [4.69, 9.17) is 14.1 Å². The van der Waals surface area contributed by atoms with E-state index in [1.54, 1.807) is 6.26 Å². The number of anilines is 3. The minimum absolute atomic E-state index is 0.0672. The Kier molecular flexibility index (Phi) is 6.56. The molecule has 0 saturated heterocycles. The Balaban J connectivity index is 1.19. The second kappa shape index (κ2) is 11.0. The molecule has 5 aromatic carbocycles. The van der Waals surface area contributed by atoms with Crippen molar-refractivity contribution in [3.05, 3.63) is 139 Å². The zero-order valence-corrected chi connectivity index (χ0v) is 28.0. The van der Waals surface area contributed by atoms with Gasteiger partial charge in [-0.05, 0) is 76.7 Å². The Hall–Kier alpha value is -6.01. The van der Waals surface area contributed by atoms with Crippen molar-refractivity contribution in [1.82, 2.24) is 9.55 Å². The van der Waals surface area contributed by atoms with Crippen LogP contribution in [-0.4, -0.2) is 23.3 Å². The highest BCUT2D eigenvalue weighted by molar-refractivity contribution is 6.11. The fourth-order valence-corrected chi connectivity index (χ4v) is 7.06. The van der Waals surface area contributed by atoms with Crippen molar-refractivity contribution < 1.29 is 9.15 Å². The molecule has 0 radical (unpaired) electrons. The molecule has 6 nitrogen and oxygen atoms in total. The van der Waals surface area contributed by atoms with Crippen molar-refractivity contribution in [2.75, 3.05) is 23.5 Å². The molecule has 6 heteroatoms. The van der Waals surface area contributed by atoms with Crippen LogP contribution >= 0.6 is 0 Å². The Morgan fingerprint density at radius 1 is 0.694 bits per heavy atom. The molecule has 3 aromatic heterocycles. The van der Waals surface area contributed by atoms with Crippen LogP contribution in [0.15, 0.2) is 138 Å². The third-order valence-electron chi connectivity index (χ3n) is 9.64. The smallest absolute Gasteiger partial charge is 0.141 e. The molecule has 0 aliphatic carbocycles. The van der Waals surface area contributed by atoms with Crippen LogP contribution in [0.4, 0.5) is 17.1 Å². The molecule has 0 saturated carbocycles. The van der Waals surface area contributed by atoms with E-state index in [1.165, 1.54) is 28.1 Å². The number of hydrogen-bond acceptors (Lipinski definition) is 5. The van der Waals surface area contributed by atoms with E-state index in [2.05, 4.69) is 151 Å². The molecule has 0 N–H and O–H groups in total. The van der Waals surface area contributed by atoms with Crippen LogP contribution in [0.3, 0.4) is 0 Å². The maximum absolute atomic E-state index is 6.78. The molecule has 0 fully saturated rings. The Labute approximate surface area is 285 Å². The molecule has 9 rings (SSSR count). The maximum Gasteiger partial charge on any atom is 0.141 e. The fraction of sp³-hybridized carbons (Fsp3) is 0.140. The van der Waals surface area contributed by atoms with Gasteiger partial charge < -0.3 is 19.0 Å². The summed E-state index contributed by atoms with van der Waals surface area (Å²) in [6, 6.07) is 42.7. The Morgan fingerprint density at radius 3 is 2.35 bits per heavy atom. The van der Waals surface area contributed by atoms with E-state index in [-0.39, 0.29) is 5.41 Å². The van der Waals surface area contributed by atoms with Crippen LogP contribution in [-0.2, 0) is 5.41 Å². The highest BCUT2D eigenvalue weighted by Crippen LogP contribution is 2.43. The molecule has 8 aromatic rings. The number of hydrogen-bond donors (Lipinski definition) is 0. The lowest BCUT2D eigenvalue weighted by molar-refractivity contribution is 0.479. The summed E-state index contributed by atoms with van der Waals surface area (Å²) in [6.45, 7) is 7.52. The van der Waals surface area contributed by atoms with Crippen molar-refractivity contribution in [3.8, 4) is 28.4 Å². The summed E-state index contributed by atoms with van der Waals surface area (Å²) in [6.07, 6.45) is 3.58. The van der Waals surface area contributed by atoms with Crippen LogP contribution < -0.4 is 14.5 Å². The molecule has 240 valence electrons. The van der Waals surface area contributed by atoms with Gasteiger partial charge in [-0.25, -0.2) is 4.98 Å². The number of aromatic nitrogens is 2. The van der Waals surface area contributed by atoms with Crippen molar-refractivity contribution in [2.45, 2.75) is 26.2 Å². The molecule has 4 heterocycles. The number of ether oxygens (including phenoxy) is 1. The summed E-state index contributed by atoms with van der Waals surface area (Å²) in [5, 5.41) is 3.25. The van der Waals surface area contributed by atoms with Gasteiger partial charge >= 0.3 is 0 Å². The first kappa shape index (κ1) is 29.2. The molecular formula is C43H36N4O2. The van der Waals surface area contributed by atoms with Gasteiger partial charge in [0.25, 0.3) is 0 Å². The number of pyridine rings is 1. The third-order valence-corrected chi connectivity index (χ3v) is 9.64. The number of benzene rings is 5. The van der Waals surface area contributed by atoms with Gasteiger partial charge in [0.05, 0.1) is 35.3 Å². The highest BCUT2D eigenvalue weighted by atomic mass is 16.5. The van der Waals surface area contributed by atoms with Gasteiger partial charge in [0.2, 0.25) is 0 Å². The van der Waals surface area contributed by atoms with Gasteiger partial charge in [-0.1, -0.05) is 69.3 Å². The minimum Gasteiger partial charge on any atom is -0.464 e. The topological polar surface area (TPSA) is 46.7 Å². The van der Waals surface area contributed by atoms with Gasteiger partial charge in [0, 0.05) is 53.3 Å². The standard InChI is InChI=1S/C43H36N4O2/c1-43(2,3)31-21-32(46-27-45(4)38-12-8-9-13-39(38)46)23-34(22-31)49-33-15-16-35-36-20-29(28-10-6-5-7-11-28)14-17-37(36)47(40(35)24-33)42-25-41-30(26-44-42)18-19-48-41/h5-26H,27H2,1-4H3. The van der Waals surface area contributed by atoms with Gasteiger partial charge in [-0.15, -0.1) is 0 Å². The summed E-state index contributed by atoms with van der Waals surface area (Å²) < 4.78 is 14.8. The van der Waals surface area contributed by atoms with Gasteiger partial charge in [0.1, 0.15) is 22.9 Å². The fourth-order valence-electron chi connectivity index (χ4n) is 7.06. The van der Waals surface area contributed by atoms with E-state index in [0.29, 0.717) is 0 Å². The first-order valence-electron chi connectivity index (χ1n) is 16.7. The number of para-hydroxylation sites is 2. The number of fused-ring (bicyclic) bond motifs is 5.